The number of halogens is 1. The molecule has 0 aliphatic heterocycles. The molecule has 0 aromatic heterocycles. The van der Waals surface area contributed by atoms with Crippen molar-refractivity contribution in [3.63, 3.8) is 0 Å². The van der Waals surface area contributed by atoms with Gasteiger partial charge in [-0.2, -0.15) is 0 Å². The first-order chi connectivity index (χ1) is 14.4. The monoisotopic (exact) mass is 441 g/mol. The van der Waals surface area contributed by atoms with Crippen LogP contribution in [0.25, 0.3) is 0 Å². The summed E-state index contributed by atoms with van der Waals surface area (Å²) in [6, 6.07) is 16.6. The number of hydrogen-bond donors (Lipinski definition) is 0. The number of ketones is 1. The van der Waals surface area contributed by atoms with E-state index >= 15 is 0 Å². The zero-order valence-electron chi connectivity index (χ0n) is 16.6. The minimum absolute atomic E-state index is 0.0439. The average molecular weight is 442 g/mol. The predicted molar refractivity (Wildman–Crippen MR) is 117 cm³/mol. The molecule has 1 unspecified atom stereocenters. The SMILES string of the molecule is COc1ccc([P+](=O)C(=O)c2c(C)cccc2Cl)c(OC)c1C(=O)c1ccccc1. The fourth-order valence-electron chi connectivity index (χ4n) is 3.15. The van der Waals surface area contributed by atoms with E-state index in [2.05, 4.69) is 0 Å². The highest BCUT2D eigenvalue weighted by atomic mass is 35.5. The predicted octanol–water partition coefficient (Wildman–Crippen LogP) is 5.19. The smallest absolute Gasteiger partial charge is 0.462 e. The standard InChI is InChI=1S/C23H19ClO5P/c1-14-8-7-11-16(24)19(14)23(26)30(27)18-13-12-17(28-2)20(22(18)29-3)21(25)15-9-5-4-6-10-15/h4-13H,1-3H3/q+1. The molecule has 3 aromatic rings. The molecule has 3 aromatic carbocycles. The second-order valence-corrected chi connectivity index (χ2v) is 8.31. The van der Waals surface area contributed by atoms with Crippen LogP contribution < -0.4 is 14.8 Å². The number of rotatable bonds is 7. The highest BCUT2D eigenvalue weighted by Gasteiger charge is 2.40. The molecule has 0 saturated carbocycles. The molecule has 0 saturated heterocycles. The third kappa shape index (κ3) is 4.00. The van der Waals surface area contributed by atoms with Gasteiger partial charge in [-0.3, -0.25) is 4.79 Å². The first-order valence-corrected chi connectivity index (χ1v) is 10.7. The van der Waals surface area contributed by atoms with Crippen molar-refractivity contribution in [2.45, 2.75) is 6.92 Å². The van der Waals surface area contributed by atoms with Gasteiger partial charge in [-0.25, -0.2) is 4.79 Å². The lowest BCUT2D eigenvalue weighted by Gasteiger charge is -2.12. The maximum atomic E-state index is 13.2. The quantitative estimate of drug-likeness (QED) is 0.373. The van der Waals surface area contributed by atoms with Crippen LogP contribution in [0.15, 0.2) is 60.7 Å². The van der Waals surface area contributed by atoms with E-state index in [0.29, 0.717) is 11.1 Å². The van der Waals surface area contributed by atoms with Gasteiger partial charge in [0.05, 0.1) is 24.8 Å². The first-order valence-electron chi connectivity index (χ1n) is 9.02. The second kappa shape index (κ2) is 9.21. The molecule has 0 fully saturated rings. The molecular formula is C23H19ClO5P+. The largest absolute Gasteiger partial charge is 0.496 e. The summed E-state index contributed by atoms with van der Waals surface area (Å²) in [5.41, 5.74) is 0.693. The molecule has 30 heavy (non-hydrogen) atoms. The van der Waals surface area contributed by atoms with Gasteiger partial charge < -0.3 is 9.47 Å². The highest BCUT2D eigenvalue weighted by Crippen LogP contribution is 2.39. The fraction of sp³-hybridized carbons (Fsp3) is 0.130. The Bertz CT molecular complexity index is 1120. The molecule has 0 aliphatic carbocycles. The molecule has 3 rings (SSSR count). The number of carbonyl (C=O) groups is 2. The van der Waals surface area contributed by atoms with Crippen molar-refractivity contribution in [1.29, 1.82) is 0 Å². The second-order valence-electron chi connectivity index (χ2n) is 6.42. The van der Waals surface area contributed by atoms with Crippen molar-refractivity contribution < 1.29 is 23.6 Å². The van der Waals surface area contributed by atoms with Crippen LogP contribution in [0.5, 0.6) is 11.5 Å². The number of benzene rings is 3. The molecule has 0 amide bonds. The van der Waals surface area contributed by atoms with Crippen molar-refractivity contribution in [3.05, 3.63) is 87.9 Å². The van der Waals surface area contributed by atoms with Crippen molar-refractivity contribution in [1.82, 2.24) is 0 Å². The zero-order valence-corrected chi connectivity index (χ0v) is 18.3. The fourth-order valence-corrected chi connectivity index (χ4v) is 4.84. The van der Waals surface area contributed by atoms with Gasteiger partial charge in [0.1, 0.15) is 11.3 Å². The van der Waals surface area contributed by atoms with Gasteiger partial charge in [-0.15, -0.1) is 0 Å². The van der Waals surface area contributed by atoms with Crippen molar-refractivity contribution in [2.75, 3.05) is 14.2 Å². The van der Waals surface area contributed by atoms with Crippen molar-refractivity contribution in [3.8, 4) is 11.5 Å². The van der Waals surface area contributed by atoms with E-state index in [1.807, 2.05) is 0 Å². The minimum Gasteiger partial charge on any atom is -0.496 e. The van der Waals surface area contributed by atoms with E-state index in [4.69, 9.17) is 21.1 Å². The van der Waals surface area contributed by atoms with Crippen molar-refractivity contribution >= 4 is 36.0 Å². The molecule has 0 heterocycles. The van der Waals surface area contributed by atoms with Gasteiger partial charge in [0.15, 0.2) is 5.75 Å². The third-order valence-electron chi connectivity index (χ3n) is 4.62. The van der Waals surface area contributed by atoms with Gasteiger partial charge in [-0.1, -0.05) is 58.6 Å². The summed E-state index contributed by atoms with van der Waals surface area (Å²) in [7, 11) is 0.175. The maximum Gasteiger partial charge on any atom is 0.462 e. The maximum absolute atomic E-state index is 13.2. The molecular weight excluding hydrogens is 423 g/mol. The summed E-state index contributed by atoms with van der Waals surface area (Å²) in [5.74, 6) is -0.0625. The Morgan fingerprint density at radius 2 is 1.57 bits per heavy atom. The van der Waals surface area contributed by atoms with E-state index in [1.54, 1.807) is 55.5 Å². The zero-order chi connectivity index (χ0) is 21.8. The molecule has 152 valence electrons. The van der Waals surface area contributed by atoms with Crippen LogP contribution in [0.1, 0.15) is 31.8 Å². The Morgan fingerprint density at radius 3 is 2.17 bits per heavy atom. The van der Waals surface area contributed by atoms with Crippen LogP contribution in [0.2, 0.25) is 5.02 Å². The molecule has 0 aliphatic rings. The van der Waals surface area contributed by atoms with E-state index in [0.717, 1.165) is 0 Å². The van der Waals surface area contributed by atoms with E-state index < -0.39 is 13.3 Å². The Balaban J connectivity index is 2.16. The van der Waals surface area contributed by atoms with Crippen LogP contribution in [0.3, 0.4) is 0 Å². The third-order valence-corrected chi connectivity index (χ3v) is 6.32. The number of hydrogen-bond acceptors (Lipinski definition) is 5. The van der Waals surface area contributed by atoms with Crippen LogP contribution in [0.4, 0.5) is 0 Å². The summed E-state index contributed by atoms with van der Waals surface area (Å²) in [5, 5.41) is 0.327. The topological polar surface area (TPSA) is 69.7 Å². The Morgan fingerprint density at radius 1 is 0.867 bits per heavy atom. The lowest BCUT2D eigenvalue weighted by molar-refractivity contribution is 0.103. The Labute approximate surface area is 180 Å². The summed E-state index contributed by atoms with van der Waals surface area (Å²) in [4.78, 5) is 26.2. The molecule has 0 bridgehead atoms. The molecule has 0 N–H and O–H groups in total. The van der Waals surface area contributed by atoms with Gasteiger partial charge >= 0.3 is 13.3 Å². The minimum atomic E-state index is -2.61. The summed E-state index contributed by atoms with van der Waals surface area (Å²) in [6.45, 7) is 1.72. The first kappa shape index (κ1) is 21.7. The van der Waals surface area contributed by atoms with Gasteiger partial charge in [0, 0.05) is 5.56 Å². The van der Waals surface area contributed by atoms with E-state index in [9.17, 15) is 14.2 Å². The number of aryl methyl sites for hydroxylation is 1. The molecule has 5 nitrogen and oxygen atoms in total. The lowest BCUT2D eigenvalue weighted by Crippen LogP contribution is -2.15. The Hall–Kier alpha value is -3.01. The van der Waals surface area contributed by atoms with Crippen LogP contribution in [-0.4, -0.2) is 25.5 Å². The molecule has 0 spiro atoms. The lowest BCUT2D eigenvalue weighted by atomic mass is 10.0. The number of carbonyl (C=O) groups excluding carboxylic acids is 2. The normalized spacial score (nSPS) is 11.0. The van der Waals surface area contributed by atoms with Gasteiger partial charge in [0.25, 0.3) is 0 Å². The number of ether oxygens (including phenoxy) is 2. The molecule has 1 atom stereocenters. The van der Waals surface area contributed by atoms with E-state index in [-0.39, 0.29) is 38.7 Å². The van der Waals surface area contributed by atoms with Crippen LogP contribution >= 0.6 is 19.4 Å². The van der Waals surface area contributed by atoms with Crippen LogP contribution in [-0.2, 0) is 4.57 Å². The summed E-state index contributed by atoms with van der Waals surface area (Å²) < 4.78 is 24.1. The molecule has 7 heteroatoms. The van der Waals surface area contributed by atoms with Gasteiger partial charge in [0.2, 0.25) is 11.1 Å². The van der Waals surface area contributed by atoms with E-state index in [1.165, 1.54) is 26.4 Å². The highest BCUT2D eigenvalue weighted by molar-refractivity contribution is 7.71. The van der Waals surface area contributed by atoms with Gasteiger partial charge in [-0.05, 0) is 30.7 Å². The van der Waals surface area contributed by atoms with Crippen molar-refractivity contribution in [2.24, 2.45) is 0 Å². The average Bonchev–Trinajstić information content (AvgIpc) is 2.77. The summed E-state index contributed by atoms with van der Waals surface area (Å²) >= 11 is 6.18. The Kier molecular flexibility index (Phi) is 6.66. The molecule has 0 radical (unpaired) electrons. The summed E-state index contributed by atoms with van der Waals surface area (Å²) in [6.07, 6.45) is 0. The number of methoxy groups -OCH3 is 2. The van der Waals surface area contributed by atoms with Crippen LogP contribution in [0, 0.1) is 6.92 Å².